The van der Waals surface area contributed by atoms with Crippen molar-refractivity contribution in [3.05, 3.63) is 35.4 Å². The van der Waals surface area contributed by atoms with E-state index in [0.29, 0.717) is 11.3 Å². The molecular weight excluding hydrogens is 234 g/mol. The van der Waals surface area contributed by atoms with Crippen LogP contribution in [-0.4, -0.2) is 23.2 Å². The molecule has 0 aliphatic heterocycles. The Hall–Kier alpha value is -2.30. The molecule has 1 heterocycles. The maximum Gasteiger partial charge on any atom is 0.374 e. The Morgan fingerprint density at radius 1 is 1.33 bits per heavy atom. The first kappa shape index (κ1) is 12.2. The van der Waals surface area contributed by atoms with E-state index in [1.807, 2.05) is 26.0 Å². The molecule has 0 saturated carbocycles. The van der Waals surface area contributed by atoms with Crippen LogP contribution in [0.4, 0.5) is 0 Å². The molecule has 0 unspecified atom stereocenters. The molecule has 94 valence electrons. The fourth-order valence-electron chi connectivity index (χ4n) is 1.73. The van der Waals surface area contributed by atoms with Gasteiger partial charge in [-0.25, -0.2) is 9.78 Å². The molecule has 2 rings (SSSR count). The second-order valence-electron chi connectivity index (χ2n) is 3.97. The number of carbonyl (C=O) groups is 1. The number of nitrogens with zero attached hydrogens (tertiary/aromatic N) is 1. The lowest BCUT2D eigenvalue weighted by Gasteiger charge is -2.10. The summed E-state index contributed by atoms with van der Waals surface area (Å²) < 4.78 is 10.1. The highest BCUT2D eigenvalue weighted by Crippen LogP contribution is 2.33. The number of methoxy groups -OCH3 is 1. The van der Waals surface area contributed by atoms with Crippen molar-refractivity contribution >= 4 is 5.97 Å². The van der Waals surface area contributed by atoms with E-state index >= 15 is 0 Å². The van der Waals surface area contributed by atoms with Gasteiger partial charge in [0.1, 0.15) is 11.4 Å². The number of hydrogen-bond acceptors (Lipinski definition) is 4. The van der Waals surface area contributed by atoms with Gasteiger partial charge in [-0.15, -0.1) is 0 Å². The smallest absolute Gasteiger partial charge is 0.374 e. The summed E-state index contributed by atoms with van der Waals surface area (Å²) in [4.78, 5) is 15.0. The van der Waals surface area contributed by atoms with Crippen molar-refractivity contribution in [3.63, 3.8) is 0 Å². The van der Waals surface area contributed by atoms with E-state index in [9.17, 15) is 4.79 Å². The monoisotopic (exact) mass is 247 g/mol. The van der Waals surface area contributed by atoms with Gasteiger partial charge in [0, 0.05) is 5.56 Å². The summed E-state index contributed by atoms with van der Waals surface area (Å²) in [7, 11) is 1.54. The number of carboxylic acid groups (broad SMARTS) is 1. The van der Waals surface area contributed by atoms with Crippen molar-refractivity contribution in [2.75, 3.05) is 7.11 Å². The van der Waals surface area contributed by atoms with E-state index in [1.54, 1.807) is 0 Å². The molecule has 0 atom stereocenters. The molecule has 0 fully saturated rings. The predicted molar refractivity (Wildman–Crippen MR) is 64.9 cm³/mol. The van der Waals surface area contributed by atoms with E-state index in [2.05, 4.69) is 4.98 Å². The third-order valence-corrected chi connectivity index (χ3v) is 2.83. The highest BCUT2D eigenvalue weighted by Gasteiger charge is 2.20. The highest BCUT2D eigenvalue weighted by atomic mass is 16.5. The number of aromatic carboxylic acids is 1. The summed E-state index contributed by atoms with van der Waals surface area (Å²) in [5, 5.41) is 9.03. The average molecular weight is 247 g/mol. The van der Waals surface area contributed by atoms with E-state index in [0.717, 1.165) is 17.5 Å². The Balaban J connectivity index is 2.66. The summed E-state index contributed by atoms with van der Waals surface area (Å²) in [6, 6.07) is 3.70. The lowest BCUT2D eigenvalue weighted by atomic mass is 10.0. The number of hydrogen-bond donors (Lipinski definition) is 1. The van der Waals surface area contributed by atoms with Crippen molar-refractivity contribution < 1.29 is 19.1 Å². The average Bonchev–Trinajstić information content (AvgIpc) is 2.81. The number of aryl methyl sites for hydroxylation is 2. The molecule has 1 aromatic carbocycles. The second-order valence-corrected chi connectivity index (χ2v) is 3.97. The molecule has 5 heteroatoms. The number of rotatable bonds is 3. The van der Waals surface area contributed by atoms with Gasteiger partial charge in [0.2, 0.25) is 5.76 Å². The van der Waals surface area contributed by atoms with Crippen LogP contribution in [0.25, 0.3) is 11.3 Å². The summed E-state index contributed by atoms with van der Waals surface area (Å²) >= 11 is 0. The Morgan fingerprint density at radius 2 is 2.00 bits per heavy atom. The van der Waals surface area contributed by atoms with Crippen LogP contribution in [0.5, 0.6) is 5.75 Å². The van der Waals surface area contributed by atoms with Gasteiger partial charge >= 0.3 is 5.97 Å². The van der Waals surface area contributed by atoms with Crippen LogP contribution in [0.1, 0.15) is 21.7 Å². The minimum atomic E-state index is -1.15. The third-order valence-electron chi connectivity index (χ3n) is 2.83. The molecule has 0 aliphatic rings. The summed E-state index contributed by atoms with van der Waals surface area (Å²) in [6.45, 7) is 3.90. The zero-order valence-corrected chi connectivity index (χ0v) is 10.4. The Morgan fingerprint density at radius 3 is 2.61 bits per heavy atom. The van der Waals surface area contributed by atoms with Gasteiger partial charge in [-0.2, -0.15) is 0 Å². The number of aromatic nitrogens is 1. The molecule has 0 amide bonds. The van der Waals surface area contributed by atoms with Crippen molar-refractivity contribution in [1.29, 1.82) is 0 Å². The van der Waals surface area contributed by atoms with Crippen molar-refractivity contribution in [1.82, 2.24) is 4.98 Å². The highest BCUT2D eigenvalue weighted by molar-refractivity contribution is 5.92. The maximum absolute atomic E-state index is 11.0. The number of oxazole rings is 1. The fraction of sp³-hybridized carbons (Fsp3) is 0.231. The van der Waals surface area contributed by atoms with E-state index in [1.165, 1.54) is 7.11 Å². The molecular formula is C13H13NO4. The molecule has 0 spiro atoms. The van der Waals surface area contributed by atoms with Crippen LogP contribution in [-0.2, 0) is 0 Å². The third kappa shape index (κ3) is 1.95. The van der Waals surface area contributed by atoms with Crippen molar-refractivity contribution in [2.24, 2.45) is 0 Å². The van der Waals surface area contributed by atoms with Gasteiger partial charge < -0.3 is 14.3 Å². The fourth-order valence-corrected chi connectivity index (χ4v) is 1.73. The van der Waals surface area contributed by atoms with Gasteiger partial charge in [-0.05, 0) is 37.1 Å². The molecule has 0 aliphatic carbocycles. The van der Waals surface area contributed by atoms with Crippen molar-refractivity contribution in [3.8, 4) is 17.0 Å². The Kier molecular flexibility index (Phi) is 3.06. The van der Waals surface area contributed by atoms with Crippen LogP contribution >= 0.6 is 0 Å². The van der Waals surface area contributed by atoms with Crippen LogP contribution in [0.3, 0.4) is 0 Å². The first-order chi connectivity index (χ1) is 8.54. The number of ether oxygens (including phenoxy) is 1. The Bertz CT molecular complexity index is 601. The molecule has 2 aromatic rings. The molecule has 0 saturated heterocycles. The van der Waals surface area contributed by atoms with Crippen LogP contribution in [0.15, 0.2) is 22.9 Å². The largest absolute Gasteiger partial charge is 0.496 e. The van der Waals surface area contributed by atoms with E-state index in [-0.39, 0.29) is 11.5 Å². The van der Waals surface area contributed by atoms with E-state index < -0.39 is 5.97 Å². The SMILES string of the molecule is COc1cc(C)c(C)cc1-c1ncoc1C(=O)O. The zero-order chi connectivity index (χ0) is 13.3. The minimum absolute atomic E-state index is 0.184. The molecule has 1 N–H and O–H groups in total. The zero-order valence-electron chi connectivity index (χ0n) is 10.4. The molecule has 5 nitrogen and oxygen atoms in total. The summed E-state index contributed by atoms with van der Waals surface area (Å²) in [6.07, 6.45) is 1.12. The molecule has 18 heavy (non-hydrogen) atoms. The Labute approximate surface area is 104 Å². The standard InChI is InChI=1S/C13H13NO4/c1-7-4-9(10(17-3)5-8(7)2)11-12(13(15)16)18-6-14-11/h4-6H,1-3H3,(H,15,16). The van der Waals surface area contributed by atoms with Crippen LogP contribution in [0.2, 0.25) is 0 Å². The number of carboxylic acids is 1. The summed E-state index contributed by atoms with van der Waals surface area (Å²) in [5.74, 6) is -0.756. The quantitative estimate of drug-likeness (QED) is 0.902. The first-order valence-electron chi connectivity index (χ1n) is 5.37. The lowest BCUT2D eigenvalue weighted by molar-refractivity contribution is 0.0663. The first-order valence-corrected chi connectivity index (χ1v) is 5.37. The summed E-state index contributed by atoms with van der Waals surface area (Å²) in [5.41, 5.74) is 3.00. The molecule has 0 bridgehead atoms. The minimum Gasteiger partial charge on any atom is -0.496 e. The molecule has 1 aromatic heterocycles. The molecule has 0 radical (unpaired) electrons. The van der Waals surface area contributed by atoms with Crippen LogP contribution < -0.4 is 4.74 Å². The van der Waals surface area contributed by atoms with Gasteiger partial charge in [0.05, 0.1) is 7.11 Å². The van der Waals surface area contributed by atoms with Crippen molar-refractivity contribution in [2.45, 2.75) is 13.8 Å². The van der Waals surface area contributed by atoms with Gasteiger partial charge in [-0.1, -0.05) is 0 Å². The topological polar surface area (TPSA) is 72.6 Å². The second kappa shape index (κ2) is 4.52. The van der Waals surface area contributed by atoms with E-state index in [4.69, 9.17) is 14.3 Å². The predicted octanol–water partition coefficient (Wildman–Crippen LogP) is 2.67. The van der Waals surface area contributed by atoms with Gasteiger partial charge in [0.15, 0.2) is 6.39 Å². The van der Waals surface area contributed by atoms with Gasteiger partial charge in [-0.3, -0.25) is 0 Å². The number of benzene rings is 1. The van der Waals surface area contributed by atoms with Crippen LogP contribution in [0, 0.1) is 13.8 Å². The normalized spacial score (nSPS) is 10.4. The lowest BCUT2D eigenvalue weighted by Crippen LogP contribution is -1.99. The maximum atomic E-state index is 11.0. The van der Waals surface area contributed by atoms with Gasteiger partial charge in [0.25, 0.3) is 0 Å².